The summed E-state index contributed by atoms with van der Waals surface area (Å²) in [6.07, 6.45) is 1.51. The third-order valence-electron chi connectivity index (χ3n) is 5.77. The predicted molar refractivity (Wildman–Crippen MR) is 123 cm³/mol. The van der Waals surface area contributed by atoms with Gasteiger partial charge in [0.25, 0.3) is 0 Å². The second-order valence-electron chi connectivity index (χ2n) is 8.19. The molecule has 1 saturated heterocycles. The molecule has 0 aromatic heterocycles. The summed E-state index contributed by atoms with van der Waals surface area (Å²) in [6.45, 7) is 5.56. The molecule has 1 fully saturated rings. The van der Waals surface area contributed by atoms with Crippen LogP contribution in [-0.4, -0.2) is 62.6 Å². The summed E-state index contributed by atoms with van der Waals surface area (Å²) in [5.41, 5.74) is 2.74. The number of carbonyl (C=O) groups is 2. The summed E-state index contributed by atoms with van der Waals surface area (Å²) >= 11 is 0. The van der Waals surface area contributed by atoms with Crippen LogP contribution in [0, 0.1) is 0 Å². The number of hydrogen-bond donors (Lipinski definition) is 1. The highest BCUT2D eigenvalue weighted by Gasteiger charge is 2.26. The van der Waals surface area contributed by atoms with Gasteiger partial charge in [-0.3, -0.25) is 14.5 Å². The van der Waals surface area contributed by atoms with Crippen LogP contribution < -0.4 is 19.9 Å². The maximum absolute atomic E-state index is 12.5. The van der Waals surface area contributed by atoms with Gasteiger partial charge in [0, 0.05) is 37.4 Å². The molecular formula is C24H30N4O3. The SMILES string of the molecule is CCN1CC(CN(C)CC(=O)Nc2ccc(N3CCCC3=O)cc2)Oc2ccccc21. The van der Waals surface area contributed by atoms with E-state index in [1.54, 1.807) is 4.90 Å². The molecule has 1 unspecified atom stereocenters. The van der Waals surface area contributed by atoms with Crippen LogP contribution in [0.3, 0.4) is 0 Å². The minimum absolute atomic E-state index is 0.00457. The van der Waals surface area contributed by atoms with Crippen molar-refractivity contribution >= 4 is 28.9 Å². The number of likely N-dealkylation sites (N-methyl/N-ethyl adjacent to an activating group) is 2. The van der Waals surface area contributed by atoms with Crippen LogP contribution in [0.5, 0.6) is 5.75 Å². The molecule has 31 heavy (non-hydrogen) atoms. The van der Waals surface area contributed by atoms with Crippen LogP contribution in [0.25, 0.3) is 0 Å². The first kappa shape index (κ1) is 21.2. The zero-order chi connectivity index (χ0) is 21.8. The molecule has 0 radical (unpaired) electrons. The van der Waals surface area contributed by atoms with E-state index in [0.717, 1.165) is 48.9 Å². The van der Waals surface area contributed by atoms with Gasteiger partial charge in [0.15, 0.2) is 0 Å². The van der Waals surface area contributed by atoms with Gasteiger partial charge in [-0.25, -0.2) is 0 Å². The summed E-state index contributed by atoms with van der Waals surface area (Å²) in [6, 6.07) is 15.5. The molecule has 7 nitrogen and oxygen atoms in total. The molecular weight excluding hydrogens is 392 g/mol. The Kier molecular flexibility index (Phi) is 6.42. The van der Waals surface area contributed by atoms with Crippen molar-refractivity contribution in [1.82, 2.24) is 4.90 Å². The number of benzene rings is 2. The Bertz CT molecular complexity index is 931. The number of anilines is 3. The largest absolute Gasteiger partial charge is 0.485 e. The fourth-order valence-electron chi connectivity index (χ4n) is 4.28. The normalized spacial score (nSPS) is 18.2. The fraction of sp³-hybridized carbons (Fsp3) is 0.417. The summed E-state index contributed by atoms with van der Waals surface area (Å²) in [5, 5.41) is 2.94. The molecule has 164 valence electrons. The molecule has 2 aliphatic heterocycles. The van der Waals surface area contributed by atoms with E-state index in [1.165, 1.54) is 0 Å². The van der Waals surface area contributed by atoms with Crippen molar-refractivity contribution in [2.75, 3.05) is 54.9 Å². The van der Waals surface area contributed by atoms with Crippen LogP contribution in [-0.2, 0) is 9.59 Å². The number of amides is 2. The molecule has 1 N–H and O–H groups in total. The lowest BCUT2D eigenvalue weighted by molar-refractivity contribution is -0.118. The lowest BCUT2D eigenvalue weighted by Gasteiger charge is -2.37. The zero-order valence-electron chi connectivity index (χ0n) is 18.2. The molecule has 0 saturated carbocycles. The minimum atomic E-state index is -0.0731. The van der Waals surface area contributed by atoms with E-state index in [2.05, 4.69) is 23.2 Å². The maximum atomic E-state index is 12.5. The first-order chi connectivity index (χ1) is 15.0. The van der Waals surface area contributed by atoms with Gasteiger partial charge in [0.1, 0.15) is 11.9 Å². The molecule has 2 amide bonds. The number of nitrogens with one attached hydrogen (secondary N) is 1. The second-order valence-corrected chi connectivity index (χ2v) is 8.19. The van der Waals surface area contributed by atoms with Crippen LogP contribution in [0.1, 0.15) is 19.8 Å². The number of para-hydroxylation sites is 2. The Morgan fingerprint density at radius 1 is 1.19 bits per heavy atom. The molecule has 0 bridgehead atoms. The third kappa shape index (κ3) is 4.99. The molecule has 2 heterocycles. The number of nitrogens with zero attached hydrogens (tertiary/aromatic N) is 3. The van der Waals surface area contributed by atoms with Crippen molar-refractivity contribution < 1.29 is 14.3 Å². The van der Waals surface area contributed by atoms with Crippen LogP contribution in [0.15, 0.2) is 48.5 Å². The average molecular weight is 423 g/mol. The van der Waals surface area contributed by atoms with Crippen LogP contribution >= 0.6 is 0 Å². The highest BCUT2D eigenvalue weighted by atomic mass is 16.5. The number of rotatable bonds is 7. The standard InChI is InChI=1S/C24H30N4O3/c1-3-27-16-20(31-22-8-5-4-7-21(22)27)15-26(2)17-23(29)25-18-10-12-19(13-11-18)28-14-6-9-24(28)30/h4-5,7-8,10-13,20H,3,6,9,14-17H2,1-2H3,(H,25,29). The highest BCUT2D eigenvalue weighted by molar-refractivity contribution is 5.96. The predicted octanol–water partition coefficient (Wildman–Crippen LogP) is 2.97. The van der Waals surface area contributed by atoms with Gasteiger partial charge in [0.05, 0.1) is 18.8 Å². The van der Waals surface area contributed by atoms with Crippen LogP contribution in [0.2, 0.25) is 0 Å². The highest BCUT2D eigenvalue weighted by Crippen LogP contribution is 2.32. The molecule has 2 aliphatic rings. The summed E-state index contributed by atoms with van der Waals surface area (Å²) in [7, 11) is 1.93. The van der Waals surface area contributed by atoms with Crippen molar-refractivity contribution in [3.05, 3.63) is 48.5 Å². The van der Waals surface area contributed by atoms with Gasteiger partial charge in [-0.1, -0.05) is 12.1 Å². The first-order valence-corrected chi connectivity index (χ1v) is 10.9. The Hall–Kier alpha value is -3.06. The molecule has 7 heteroatoms. The summed E-state index contributed by atoms with van der Waals surface area (Å²) in [5.74, 6) is 0.985. The van der Waals surface area contributed by atoms with Gasteiger partial charge < -0.3 is 19.9 Å². The van der Waals surface area contributed by atoms with Crippen LogP contribution in [0.4, 0.5) is 17.1 Å². The van der Waals surface area contributed by atoms with Crippen molar-refractivity contribution in [2.45, 2.75) is 25.9 Å². The fourth-order valence-corrected chi connectivity index (χ4v) is 4.28. The maximum Gasteiger partial charge on any atom is 0.238 e. The number of hydrogen-bond acceptors (Lipinski definition) is 5. The molecule has 2 aromatic rings. The minimum Gasteiger partial charge on any atom is -0.485 e. The lowest BCUT2D eigenvalue weighted by atomic mass is 10.2. The van der Waals surface area contributed by atoms with Crippen molar-refractivity contribution in [1.29, 1.82) is 0 Å². The Balaban J connectivity index is 1.28. The average Bonchev–Trinajstić information content (AvgIpc) is 3.19. The number of ether oxygens (including phenoxy) is 1. The Labute approximate surface area is 183 Å². The zero-order valence-corrected chi connectivity index (χ0v) is 18.2. The van der Waals surface area contributed by atoms with Gasteiger partial charge in [-0.05, 0) is 56.8 Å². The lowest BCUT2D eigenvalue weighted by Crippen LogP contribution is -2.46. The van der Waals surface area contributed by atoms with E-state index in [4.69, 9.17) is 4.74 Å². The monoisotopic (exact) mass is 422 g/mol. The van der Waals surface area contributed by atoms with E-state index in [9.17, 15) is 9.59 Å². The van der Waals surface area contributed by atoms with E-state index in [1.807, 2.05) is 54.4 Å². The Morgan fingerprint density at radius 2 is 1.97 bits per heavy atom. The first-order valence-electron chi connectivity index (χ1n) is 10.9. The Morgan fingerprint density at radius 3 is 2.68 bits per heavy atom. The van der Waals surface area contributed by atoms with E-state index in [-0.39, 0.29) is 24.5 Å². The summed E-state index contributed by atoms with van der Waals surface area (Å²) < 4.78 is 6.16. The van der Waals surface area contributed by atoms with Gasteiger partial charge in [-0.15, -0.1) is 0 Å². The topological polar surface area (TPSA) is 65.1 Å². The molecule has 4 rings (SSSR count). The summed E-state index contributed by atoms with van der Waals surface area (Å²) in [4.78, 5) is 30.5. The van der Waals surface area contributed by atoms with E-state index in [0.29, 0.717) is 13.0 Å². The van der Waals surface area contributed by atoms with Gasteiger partial charge in [0.2, 0.25) is 11.8 Å². The number of fused-ring (bicyclic) bond motifs is 1. The molecule has 0 aliphatic carbocycles. The third-order valence-corrected chi connectivity index (χ3v) is 5.77. The van der Waals surface area contributed by atoms with E-state index < -0.39 is 0 Å². The van der Waals surface area contributed by atoms with Gasteiger partial charge in [-0.2, -0.15) is 0 Å². The molecule has 1 atom stereocenters. The van der Waals surface area contributed by atoms with Gasteiger partial charge >= 0.3 is 0 Å². The molecule has 0 spiro atoms. The van der Waals surface area contributed by atoms with Crippen molar-refractivity contribution in [3.63, 3.8) is 0 Å². The smallest absolute Gasteiger partial charge is 0.238 e. The van der Waals surface area contributed by atoms with E-state index >= 15 is 0 Å². The van der Waals surface area contributed by atoms with Crippen molar-refractivity contribution in [2.24, 2.45) is 0 Å². The number of carbonyl (C=O) groups excluding carboxylic acids is 2. The van der Waals surface area contributed by atoms with Crippen molar-refractivity contribution in [3.8, 4) is 5.75 Å². The molecule has 2 aromatic carbocycles. The second kappa shape index (κ2) is 9.39. The quantitative estimate of drug-likeness (QED) is 0.743.